The first-order valence-electron chi connectivity index (χ1n) is 9.36. The van der Waals surface area contributed by atoms with Gasteiger partial charge in [-0.2, -0.15) is 0 Å². The van der Waals surface area contributed by atoms with Crippen LogP contribution in [0.4, 0.5) is 10.1 Å². The van der Waals surface area contributed by atoms with E-state index in [9.17, 15) is 18.8 Å². The van der Waals surface area contributed by atoms with E-state index in [2.05, 4.69) is 5.32 Å². The average molecular weight is 383 g/mol. The van der Waals surface area contributed by atoms with Crippen molar-refractivity contribution in [2.24, 2.45) is 11.8 Å². The van der Waals surface area contributed by atoms with E-state index in [0.29, 0.717) is 37.0 Å². The maximum atomic E-state index is 14.0. The average Bonchev–Trinajstić information content (AvgIpc) is 3.19. The van der Waals surface area contributed by atoms with Gasteiger partial charge in [0, 0.05) is 11.5 Å². The Labute approximate surface area is 162 Å². The van der Waals surface area contributed by atoms with Gasteiger partial charge in [0.05, 0.1) is 18.2 Å². The number of ether oxygens (including phenoxy) is 1. The standard InChI is InChI=1S/C22H22FNO4/c1-2-28-22(27)18-5-3-4-17(18)21(26)15-8-6-14(7-9-15)16-10-11-20(24-13-25)19(23)12-16/h6-13,17-18H,2-5H2,1H3,(H,24,25)/t17-,18-/m0/s1. The molecule has 0 aromatic heterocycles. The summed E-state index contributed by atoms with van der Waals surface area (Å²) in [6.45, 7) is 2.06. The van der Waals surface area contributed by atoms with Crippen molar-refractivity contribution in [2.75, 3.05) is 11.9 Å². The molecule has 2 aromatic rings. The van der Waals surface area contributed by atoms with Gasteiger partial charge in [0.15, 0.2) is 5.78 Å². The number of carbonyl (C=O) groups excluding carboxylic acids is 3. The van der Waals surface area contributed by atoms with Crippen LogP contribution in [0.1, 0.15) is 36.5 Å². The minimum absolute atomic E-state index is 0.0567. The van der Waals surface area contributed by atoms with E-state index in [1.807, 2.05) is 0 Å². The van der Waals surface area contributed by atoms with Crippen molar-refractivity contribution in [3.8, 4) is 11.1 Å². The zero-order chi connectivity index (χ0) is 20.1. The van der Waals surface area contributed by atoms with E-state index in [0.717, 1.165) is 12.0 Å². The summed E-state index contributed by atoms with van der Waals surface area (Å²) in [5.74, 6) is -1.61. The largest absolute Gasteiger partial charge is 0.466 e. The van der Waals surface area contributed by atoms with Crippen molar-refractivity contribution in [3.63, 3.8) is 0 Å². The van der Waals surface area contributed by atoms with Crippen LogP contribution in [0.3, 0.4) is 0 Å². The number of carbonyl (C=O) groups is 3. The minimum Gasteiger partial charge on any atom is -0.466 e. The second-order valence-electron chi connectivity index (χ2n) is 6.79. The number of Topliss-reactive ketones (excluding diaryl/α,β-unsaturated/α-hetero) is 1. The van der Waals surface area contributed by atoms with Crippen molar-refractivity contribution in [1.29, 1.82) is 0 Å². The molecule has 28 heavy (non-hydrogen) atoms. The highest BCUT2D eigenvalue weighted by Crippen LogP contribution is 2.35. The lowest BCUT2D eigenvalue weighted by Gasteiger charge is -2.17. The molecule has 0 bridgehead atoms. The topological polar surface area (TPSA) is 72.5 Å². The van der Waals surface area contributed by atoms with Gasteiger partial charge in [0.25, 0.3) is 0 Å². The van der Waals surface area contributed by atoms with Gasteiger partial charge in [-0.3, -0.25) is 14.4 Å². The Morgan fingerprint density at radius 3 is 2.43 bits per heavy atom. The molecule has 1 aliphatic rings. The Kier molecular flexibility index (Phi) is 6.19. The number of benzene rings is 2. The molecule has 1 saturated carbocycles. The molecule has 2 aromatic carbocycles. The number of rotatable bonds is 7. The maximum Gasteiger partial charge on any atom is 0.309 e. The van der Waals surface area contributed by atoms with E-state index in [1.165, 1.54) is 12.1 Å². The van der Waals surface area contributed by atoms with Gasteiger partial charge in [0.2, 0.25) is 6.41 Å². The summed E-state index contributed by atoms with van der Waals surface area (Å²) >= 11 is 0. The highest BCUT2D eigenvalue weighted by Gasteiger charge is 2.38. The zero-order valence-corrected chi connectivity index (χ0v) is 15.6. The normalized spacial score (nSPS) is 18.5. The van der Waals surface area contributed by atoms with E-state index in [-0.39, 0.29) is 29.3 Å². The predicted molar refractivity (Wildman–Crippen MR) is 103 cm³/mol. The highest BCUT2D eigenvalue weighted by molar-refractivity contribution is 6.00. The first-order valence-corrected chi connectivity index (χ1v) is 9.36. The SMILES string of the molecule is CCOC(=O)[C@H]1CCC[C@@H]1C(=O)c1ccc(-c2ccc(NC=O)c(F)c2)cc1. The van der Waals surface area contributed by atoms with Crippen molar-refractivity contribution in [2.45, 2.75) is 26.2 Å². The summed E-state index contributed by atoms with van der Waals surface area (Å²) in [6.07, 6.45) is 2.61. The van der Waals surface area contributed by atoms with Crippen molar-refractivity contribution >= 4 is 23.9 Å². The first-order chi connectivity index (χ1) is 13.5. The van der Waals surface area contributed by atoms with Crippen LogP contribution >= 0.6 is 0 Å². The number of nitrogens with one attached hydrogen (secondary N) is 1. The second-order valence-corrected chi connectivity index (χ2v) is 6.79. The quantitative estimate of drug-likeness (QED) is 0.441. The third-order valence-corrected chi connectivity index (χ3v) is 5.13. The number of ketones is 1. The molecule has 6 heteroatoms. The fraction of sp³-hybridized carbons (Fsp3) is 0.318. The van der Waals surface area contributed by atoms with Crippen molar-refractivity contribution < 1.29 is 23.5 Å². The lowest BCUT2D eigenvalue weighted by molar-refractivity contribution is -0.148. The molecule has 1 amide bonds. The molecule has 3 rings (SSSR count). The maximum absolute atomic E-state index is 14.0. The third-order valence-electron chi connectivity index (χ3n) is 5.13. The summed E-state index contributed by atoms with van der Waals surface area (Å²) in [4.78, 5) is 35.4. The molecule has 146 valence electrons. The molecule has 2 atom stereocenters. The van der Waals surface area contributed by atoms with Crippen LogP contribution < -0.4 is 5.32 Å². The van der Waals surface area contributed by atoms with Gasteiger partial charge >= 0.3 is 5.97 Å². The summed E-state index contributed by atoms with van der Waals surface area (Å²) in [5.41, 5.74) is 2.03. The molecule has 1 aliphatic carbocycles. The molecule has 1 fully saturated rings. The van der Waals surface area contributed by atoms with Crippen molar-refractivity contribution in [1.82, 2.24) is 0 Å². The number of anilines is 1. The lowest BCUT2D eigenvalue weighted by Crippen LogP contribution is -2.27. The fourth-order valence-electron chi connectivity index (χ4n) is 3.72. The van der Waals surface area contributed by atoms with Crippen LogP contribution in [-0.2, 0) is 14.3 Å². The van der Waals surface area contributed by atoms with Crippen LogP contribution in [0.5, 0.6) is 0 Å². The summed E-state index contributed by atoms with van der Waals surface area (Å²) in [6, 6.07) is 11.4. The van der Waals surface area contributed by atoms with E-state index >= 15 is 0 Å². The Bertz CT molecular complexity index is 879. The number of halogens is 1. The number of amides is 1. The fourth-order valence-corrected chi connectivity index (χ4v) is 3.72. The Morgan fingerprint density at radius 1 is 1.11 bits per heavy atom. The molecule has 0 heterocycles. The molecule has 1 N–H and O–H groups in total. The molecule has 5 nitrogen and oxygen atoms in total. The van der Waals surface area contributed by atoms with Crippen molar-refractivity contribution in [3.05, 3.63) is 53.8 Å². The van der Waals surface area contributed by atoms with Crippen LogP contribution in [0, 0.1) is 17.7 Å². The minimum atomic E-state index is -0.534. The van der Waals surface area contributed by atoms with Gasteiger partial charge in [-0.25, -0.2) is 4.39 Å². The molecule has 0 aliphatic heterocycles. The van der Waals surface area contributed by atoms with Crippen LogP contribution in [-0.4, -0.2) is 24.8 Å². The highest BCUT2D eigenvalue weighted by atomic mass is 19.1. The predicted octanol–water partition coefficient (Wildman–Crippen LogP) is 4.22. The van der Waals surface area contributed by atoms with Crippen LogP contribution in [0.2, 0.25) is 0 Å². The zero-order valence-electron chi connectivity index (χ0n) is 15.6. The summed E-state index contributed by atoms with van der Waals surface area (Å²) in [5, 5.41) is 2.29. The number of esters is 1. The molecular weight excluding hydrogens is 361 g/mol. The Balaban J connectivity index is 1.77. The Morgan fingerprint density at radius 2 is 1.79 bits per heavy atom. The monoisotopic (exact) mass is 383 g/mol. The second kappa shape index (κ2) is 8.78. The smallest absolute Gasteiger partial charge is 0.309 e. The van der Waals surface area contributed by atoms with E-state index in [1.54, 1.807) is 37.3 Å². The first kappa shape index (κ1) is 19.7. The summed E-state index contributed by atoms with van der Waals surface area (Å²) in [7, 11) is 0. The molecule has 0 saturated heterocycles. The molecule has 0 radical (unpaired) electrons. The van der Waals surface area contributed by atoms with Crippen LogP contribution in [0.15, 0.2) is 42.5 Å². The Hall–Kier alpha value is -3.02. The van der Waals surface area contributed by atoms with Gasteiger partial charge in [-0.1, -0.05) is 36.8 Å². The van der Waals surface area contributed by atoms with Gasteiger partial charge < -0.3 is 10.1 Å². The van der Waals surface area contributed by atoms with Gasteiger partial charge in [-0.15, -0.1) is 0 Å². The van der Waals surface area contributed by atoms with Gasteiger partial charge in [0.1, 0.15) is 5.82 Å². The molecule has 0 spiro atoms. The molecular formula is C22H22FNO4. The number of hydrogen-bond donors (Lipinski definition) is 1. The van der Waals surface area contributed by atoms with Crippen LogP contribution in [0.25, 0.3) is 11.1 Å². The van der Waals surface area contributed by atoms with Gasteiger partial charge in [-0.05, 0) is 43.0 Å². The summed E-state index contributed by atoms with van der Waals surface area (Å²) < 4.78 is 19.1. The van der Waals surface area contributed by atoms with E-state index < -0.39 is 5.82 Å². The lowest BCUT2D eigenvalue weighted by atomic mass is 9.88. The number of hydrogen-bond acceptors (Lipinski definition) is 4. The third kappa shape index (κ3) is 4.11. The molecule has 0 unspecified atom stereocenters. The van der Waals surface area contributed by atoms with E-state index in [4.69, 9.17) is 4.74 Å².